The van der Waals surface area contributed by atoms with Crippen LogP contribution in [0.1, 0.15) is 6.92 Å². The molecular formula is C8H14N4O5. The maximum Gasteiger partial charge on any atom is 0.217 e. The molecule has 1 aliphatic rings. The molecule has 0 bridgehead atoms. The highest BCUT2D eigenvalue weighted by molar-refractivity contribution is 5.73. The summed E-state index contributed by atoms with van der Waals surface area (Å²) in [6.07, 6.45) is -5.01. The van der Waals surface area contributed by atoms with Gasteiger partial charge in [-0.25, -0.2) is 0 Å². The number of aliphatic hydroxyl groups is 3. The number of carbonyl (C=O) groups is 1. The molecule has 0 radical (unpaired) electrons. The summed E-state index contributed by atoms with van der Waals surface area (Å²) in [7, 11) is 0. The van der Waals surface area contributed by atoms with E-state index in [0.717, 1.165) is 0 Å². The zero-order valence-electron chi connectivity index (χ0n) is 9.09. The van der Waals surface area contributed by atoms with Crippen LogP contribution in [0.2, 0.25) is 0 Å². The third-order valence-electron chi connectivity index (χ3n) is 2.44. The van der Waals surface area contributed by atoms with Gasteiger partial charge in [-0.1, -0.05) is 5.11 Å². The van der Waals surface area contributed by atoms with E-state index in [1.165, 1.54) is 6.92 Å². The Labute approximate surface area is 96.6 Å². The van der Waals surface area contributed by atoms with Gasteiger partial charge in [0.1, 0.15) is 18.3 Å². The average Bonchev–Trinajstić information content (AvgIpc) is 2.28. The van der Waals surface area contributed by atoms with Gasteiger partial charge in [0.05, 0.1) is 12.6 Å². The number of aliphatic hydroxyl groups excluding tert-OH is 3. The van der Waals surface area contributed by atoms with Crippen molar-refractivity contribution in [3.63, 3.8) is 0 Å². The molecule has 1 fully saturated rings. The topological polar surface area (TPSA) is 148 Å². The van der Waals surface area contributed by atoms with Gasteiger partial charge in [-0.15, -0.1) is 0 Å². The van der Waals surface area contributed by atoms with E-state index < -0.39 is 43.1 Å². The molecule has 0 saturated carbocycles. The van der Waals surface area contributed by atoms with Crippen LogP contribution in [0.4, 0.5) is 0 Å². The van der Waals surface area contributed by atoms with Crippen LogP contribution in [0, 0.1) is 0 Å². The lowest BCUT2D eigenvalue weighted by Gasteiger charge is -2.40. The number of amides is 1. The van der Waals surface area contributed by atoms with Crippen LogP contribution >= 0.6 is 0 Å². The van der Waals surface area contributed by atoms with Crippen molar-refractivity contribution in [2.45, 2.75) is 37.5 Å². The molecule has 3 unspecified atom stereocenters. The van der Waals surface area contributed by atoms with Crippen LogP contribution in [-0.4, -0.2) is 58.4 Å². The molecule has 5 atom stereocenters. The average molecular weight is 246 g/mol. The van der Waals surface area contributed by atoms with Gasteiger partial charge < -0.3 is 25.4 Å². The van der Waals surface area contributed by atoms with Crippen LogP contribution in [0.3, 0.4) is 0 Å². The quantitative estimate of drug-likeness (QED) is 0.264. The molecular weight excluding hydrogens is 232 g/mol. The first kappa shape index (κ1) is 13.7. The Balaban J connectivity index is 2.90. The van der Waals surface area contributed by atoms with Crippen molar-refractivity contribution < 1.29 is 24.9 Å². The molecule has 1 saturated heterocycles. The Bertz CT molecular complexity index is 332. The number of rotatable bonds is 3. The minimum absolute atomic E-state index is 0.467. The van der Waals surface area contributed by atoms with Gasteiger partial charge >= 0.3 is 0 Å². The number of hydrogen-bond acceptors (Lipinski definition) is 6. The number of carbonyl (C=O) groups excluding carboxylic acids is 1. The van der Waals surface area contributed by atoms with Crippen molar-refractivity contribution in [2.75, 3.05) is 6.61 Å². The molecule has 0 aromatic rings. The predicted octanol–water partition coefficient (Wildman–Crippen LogP) is -1.76. The van der Waals surface area contributed by atoms with Crippen LogP contribution in [0.15, 0.2) is 5.11 Å². The zero-order valence-corrected chi connectivity index (χ0v) is 9.09. The summed E-state index contributed by atoms with van der Waals surface area (Å²) in [5.74, 6) is -0.467. The molecule has 4 N–H and O–H groups in total. The van der Waals surface area contributed by atoms with Crippen molar-refractivity contribution in [1.82, 2.24) is 5.32 Å². The van der Waals surface area contributed by atoms with E-state index in [-0.39, 0.29) is 0 Å². The summed E-state index contributed by atoms with van der Waals surface area (Å²) in [6, 6.07) is -1.05. The molecule has 96 valence electrons. The molecule has 17 heavy (non-hydrogen) atoms. The predicted molar refractivity (Wildman–Crippen MR) is 54.5 cm³/mol. The molecule has 0 aliphatic carbocycles. The highest BCUT2D eigenvalue weighted by Gasteiger charge is 2.44. The molecule has 1 heterocycles. The standard InChI is InChI=1S/C8H14N4O5/c1-3(14)10-5-7(16)6(15)4(2-13)17-8(5)11-12-9/h4-8,13,15-16H,2H2,1H3,(H,10,14)/t4?,5?,6-,7?,8-/m0/s1. The lowest BCUT2D eigenvalue weighted by molar-refractivity contribution is -0.193. The van der Waals surface area contributed by atoms with Gasteiger partial charge in [-0.2, -0.15) is 0 Å². The Morgan fingerprint density at radius 3 is 2.65 bits per heavy atom. The van der Waals surface area contributed by atoms with Crippen LogP contribution in [-0.2, 0) is 9.53 Å². The van der Waals surface area contributed by atoms with Crippen molar-refractivity contribution >= 4 is 5.91 Å². The first-order valence-electron chi connectivity index (χ1n) is 4.95. The summed E-state index contributed by atoms with van der Waals surface area (Å²) in [5.41, 5.74) is 8.34. The maximum atomic E-state index is 10.9. The van der Waals surface area contributed by atoms with Crippen molar-refractivity contribution in [3.8, 4) is 0 Å². The maximum absolute atomic E-state index is 10.9. The second kappa shape index (κ2) is 5.80. The van der Waals surface area contributed by atoms with Crippen LogP contribution in [0.25, 0.3) is 10.4 Å². The number of hydrogen-bond donors (Lipinski definition) is 4. The van der Waals surface area contributed by atoms with Crippen molar-refractivity contribution in [1.29, 1.82) is 0 Å². The SMILES string of the molecule is CC(=O)NC1C(O)[C@@H](O)C(CO)O[C@@H]1N=[N+]=[N-]. The second-order valence-corrected chi connectivity index (χ2v) is 3.66. The molecule has 0 aromatic carbocycles. The zero-order chi connectivity index (χ0) is 13.0. The first-order valence-corrected chi connectivity index (χ1v) is 4.95. The Morgan fingerprint density at radius 1 is 1.53 bits per heavy atom. The Morgan fingerprint density at radius 2 is 2.18 bits per heavy atom. The van der Waals surface area contributed by atoms with Crippen LogP contribution in [0.5, 0.6) is 0 Å². The Hall–Kier alpha value is -1.38. The Kier molecular flexibility index (Phi) is 4.67. The lowest BCUT2D eigenvalue weighted by atomic mass is 9.96. The van der Waals surface area contributed by atoms with Gasteiger partial charge in [-0.3, -0.25) is 4.79 Å². The summed E-state index contributed by atoms with van der Waals surface area (Å²) in [4.78, 5) is 13.4. The fraction of sp³-hybridized carbons (Fsp3) is 0.875. The molecule has 9 nitrogen and oxygen atoms in total. The number of azide groups is 1. The summed E-state index contributed by atoms with van der Waals surface area (Å²) >= 11 is 0. The molecule has 0 aromatic heterocycles. The van der Waals surface area contributed by atoms with Gasteiger partial charge in [0.15, 0.2) is 6.23 Å². The minimum atomic E-state index is -1.39. The third kappa shape index (κ3) is 3.05. The van der Waals surface area contributed by atoms with Crippen LogP contribution < -0.4 is 5.32 Å². The monoisotopic (exact) mass is 246 g/mol. The van der Waals surface area contributed by atoms with Gasteiger partial charge in [-0.05, 0) is 5.53 Å². The minimum Gasteiger partial charge on any atom is -0.394 e. The highest BCUT2D eigenvalue weighted by atomic mass is 16.5. The van der Waals surface area contributed by atoms with E-state index in [1.54, 1.807) is 0 Å². The lowest BCUT2D eigenvalue weighted by Crippen LogP contribution is -2.63. The van der Waals surface area contributed by atoms with Gasteiger partial charge in [0.25, 0.3) is 0 Å². The highest BCUT2D eigenvalue weighted by Crippen LogP contribution is 2.22. The first-order chi connectivity index (χ1) is 8.01. The number of nitrogens with zero attached hydrogens (tertiary/aromatic N) is 3. The molecule has 0 spiro atoms. The number of nitrogens with one attached hydrogen (secondary N) is 1. The summed E-state index contributed by atoms with van der Waals surface area (Å²) in [6.45, 7) is 0.673. The molecule has 9 heteroatoms. The smallest absolute Gasteiger partial charge is 0.217 e. The van der Waals surface area contributed by atoms with Crippen molar-refractivity contribution in [3.05, 3.63) is 10.4 Å². The number of ether oxygens (including phenoxy) is 1. The van der Waals surface area contributed by atoms with Gasteiger partial charge in [0, 0.05) is 11.8 Å². The third-order valence-corrected chi connectivity index (χ3v) is 2.44. The molecule has 1 amide bonds. The fourth-order valence-corrected chi connectivity index (χ4v) is 1.64. The largest absolute Gasteiger partial charge is 0.394 e. The van der Waals surface area contributed by atoms with E-state index in [4.69, 9.17) is 15.4 Å². The molecule has 1 rings (SSSR count). The molecule has 1 aliphatic heterocycles. The fourth-order valence-electron chi connectivity index (χ4n) is 1.64. The summed E-state index contributed by atoms with van der Waals surface area (Å²) in [5, 5.41) is 33.8. The van der Waals surface area contributed by atoms with E-state index in [1.807, 2.05) is 0 Å². The van der Waals surface area contributed by atoms with E-state index in [0.29, 0.717) is 0 Å². The van der Waals surface area contributed by atoms with E-state index in [2.05, 4.69) is 15.3 Å². The van der Waals surface area contributed by atoms with E-state index in [9.17, 15) is 15.0 Å². The van der Waals surface area contributed by atoms with Crippen molar-refractivity contribution in [2.24, 2.45) is 5.11 Å². The van der Waals surface area contributed by atoms with Gasteiger partial charge in [0.2, 0.25) is 5.91 Å². The second-order valence-electron chi connectivity index (χ2n) is 3.66. The normalized spacial score (nSPS) is 37.1. The van der Waals surface area contributed by atoms with E-state index >= 15 is 0 Å². The summed E-state index contributed by atoms with van der Waals surface area (Å²) < 4.78 is 5.08.